The average Bonchev–Trinajstić information content (AvgIpc) is 2.42. The number of para-hydroxylation sites is 1. The van der Waals surface area contributed by atoms with E-state index in [-0.39, 0.29) is 11.5 Å². The van der Waals surface area contributed by atoms with E-state index in [4.69, 9.17) is 5.73 Å². The fraction of sp³-hybridized carbons (Fsp3) is 0.333. The van der Waals surface area contributed by atoms with Crippen LogP contribution in [-0.4, -0.2) is 17.4 Å². The molecule has 2 rings (SSSR count). The lowest BCUT2D eigenvalue weighted by molar-refractivity contribution is -0.118. The first-order valence-electron chi connectivity index (χ1n) is 6.77. The molecule has 0 spiro atoms. The van der Waals surface area contributed by atoms with Crippen molar-refractivity contribution in [2.45, 2.75) is 25.8 Å². The number of carbonyl (C=O) groups excluding carboxylic acids is 1. The van der Waals surface area contributed by atoms with Gasteiger partial charge in [0, 0.05) is 24.0 Å². The molecule has 0 saturated carbocycles. The Labute approximate surface area is 117 Å². The van der Waals surface area contributed by atoms with Crippen LogP contribution in [0.5, 0.6) is 0 Å². The molecule has 106 valence electrons. The number of fused-ring (bicyclic) bond motifs is 1. The molecule has 0 atom stereocenters. The summed E-state index contributed by atoms with van der Waals surface area (Å²) in [6.07, 6.45) is 2.06. The lowest BCUT2D eigenvalue weighted by Gasteiger charge is -2.05. The third kappa shape index (κ3) is 3.93. The van der Waals surface area contributed by atoms with E-state index in [1.165, 1.54) is 0 Å². The van der Waals surface area contributed by atoms with Crippen LogP contribution in [0.2, 0.25) is 0 Å². The summed E-state index contributed by atoms with van der Waals surface area (Å²) in [5, 5.41) is 4.23. The Morgan fingerprint density at radius 2 is 2.05 bits per heavy atom. The van der Waals surface area contributed by atoms with Crippen LogP contribution in [0.3, 0.4) is 0 Å². The van der Waals surface area contributed by atoms with Crippen molar-refractivity contribution in [2.75, 3.05) is 6.54 Å². The molecule has 5 heteroatoms. The van der Waals surface area contributed by atoms with Crippen molar-refractivity contribution >= 4 is 16.8 Å². The number of hydrogen-bond donors (Lipinski definition) is 3. The number of pyridine rings is 1. The Kier molecular flexibility index (Phi) is 4.90. The molecule has 2 aromatic rings. The topological polar surface area (TPSA) is 88.0 Å². The van der Waals surface area contributed by atoms with Crippen LogP contribution in [0.4, 0.5) is 0 Å². The quantitative estimate of drug-likeness (QED) is 0.664. The zero-order chi connectivity index (χ0) is 14.4. The Hall–Kier alpha value is -2.14. The molecule has 1 aromatic carbocycles. The van der Waals surface area contributed by atoms with Crippen LogP contribution in [0.15, 0.2) is 35.1 Å². The van der Waals surface area contributed by atoms with Gasteiger partial charge in [-0.25, -0.2) is 0 Å². The van der Waals surface area contributed by atoms with Crippen LogP contribution in [0, 0.1) is 0 Å². The Balaban J connectivity index is 1.88. The Morgan fingerprint density at radius 3 is 2.85 bits per heavy atom. The minimum absolute atomic E-state index is 0.0617. The number of benzene rings is 1. The molecular formula is C15H19N3O2. The van der Waals surface area contributed by atoms with Gasteiger partial charge in [0.2, 0.25) is 5.91 Å². The first-order chi connectivity index (χ1) is 9.66. The van der Waals surface area contributed by atoms with Gasteiger partial charge >= 0.3 is 0 Å². The summed E-state index contributed by atoms with van der Waals surface area (Å²) in [6, 6.07) is 9.61. The number of primary amides is 1. The normalized spacial score (nSPS) is 10.8. The third-order valence-electron chi connectivity index (χ3n) is 3.17. The SMILES string of the molecule is NC(=O)CCCCNCc1cc2ccccc2[nH]c1=O. The van der Waals surface area contributed by atoms with Crippen LogP contribution in [0.1, 0.15) is 24.8 Å². The zero-order valence-corrected chi connectivity index (χ0v) is 11.3. The first kappa shape index (κ1) is 14.3. The highest BCUT2D eigenvalue weighted by molar-refractivity contribution is 5.78. The van der Waals surface area contributed by atoms with Gasteiger partial charge in [0.05, 0.1) is 0 Å². The maximum atomic E-state index is 11.9. The number of unbranched alkanes of at least 4 members (excludes halogenated alkanes) is 1. The molecule has 20 heavy (non-hydrogen) atoms. The van der Waals surface area contributed by atoms with Crippen molar-refractivity contribution < 1.29 is 4.79 Å². The summed E-state index contributed by atoms with van der Waals surface area (Å²) in [7, 11) is 0. The molecule has 0 aliphatic carbocycles. The highest BCUT2D eigenvalue weighted by atomic mass is 16.1. The maximum Gasteiger partial charge on any atom is 0.252 e. The van der Waals surface area contributed by atoms with Crippen LogP contribution >= 0.6 is 0 Å². The van der Waals surface area contributed by atoms with E-state index in [1.807, 2.05) is 30.3 Å². The summed E-state index contributed by atoms with van der Waals surface area (Å²) in [5.41, 5.74) is 6.58. The molecule has 0 bridgehead atoms. The average molecular weight is 273 g/mol. The van der Waals surface area contributed by atoms with E-state index in [1.54, 1.807) is 0 Å². The highest BCUT2D eigenvalue weighted by Crippen LogP contribution is 2.09. The molecule has 0 unspecified atom stereocenters. The minimum Gasteiger partial charge on any atom is -0.370 e. The number of nitrogens with one attached hydrogen (secondary N) is 2. The van der Waals surface area contributed by atoms with Crippen molar-refractivity contribution in [3.63, 3.8) is 0 Å². The van der Waals surface area contributed by atoms with E-state index in [0.717, 1.165) is 35.9 Å². The number of aromatic amines is 1. The van der Waals surface area contributed by atoms with Crippen molar-refractivity contribution in [2.24, 2.45) is 5.73 Å². The number of amides is 1. The molecular weight excluding hydrogens is 254 g/mol. The van der Waals surface area contributed by atoms with Gasteiger partial charge in [0.15, 0.2) is 0 Å². The van der Waals surface area contributed by atoms with E-state index >= 15 is 0 Å². The Bertz CT molecular complexity index is 649. The molecule has 0 saturated heterocycles. The predicted molar refractivity (Wildman–Crippen MR) is 79.3 cm³/mol. The largest absolute Gasteiger partial charge is 0.370 e. The minimum atomic E-state index is -0.268. The van der Waals surface area contributed by atoms with Gasteiger partial charge in [-0.2, -0.15) is 0 Å². The van der Waals surface area contributed by atoms with Crippen LogP contribution in [0.25, 0.3) is 10.9 Å². The fourth-order valence-electron chi connectivity index (χ4n) is 2.10. The molecule has 1 aromatic heterocycles. The fourth-order valence-corrected chi connectivity index (χ4v) is 2.10. The Morgan fingerprint density at radius 1 is 1.25 bits per heavy atom. The molecule has 0 aliphatic rings. The van der Waals surface area contributed by atoms with E-state index in [0.29, 0.717) is 13.0 Å². The zero-order valence-electron chi connectivity index (χ0n) is 11.3. The smallest absolute Gasteiger partial charge is 0.252 e. The van der Waals surface area contributed by atoms with E-state index in [2.05, 4.69) is 10.3 Å². The predicted octanol–water partition coefficient (Wildman–Crippen LogP) is 1.27. The molecule has 0 aliphatic heterocycles. The molecule has 1 heterocycles. The maximum absolute atomic E-state index is 11.9. The molecule has 5 nitrogen and oxygen atoms in total. The van der Waals surface area contributed by atoms with Crippen molar-refractivity contribution in [3.8, 4) is 0 Å². The summed E-state index contributed by atoms with van der Waals surface area (Å²) < 4.78 is 0. The second-order valence-corrected chi connectivity index (χ2v) is 4.81. The number of aromatic nitrogens is 1. The van der Waals surface area contributed by atoms with Gasteiger partial charge in [-0.05, 0) is 36.9 Å². The third-order valence-corrected chi connectivity index (χ3v) is 3.17. The lowest BCUT2D eigenvalue weighted by atomic mass is 10.1. The van der Waals surface area contributed by atoms with E-state index < -0.39 is 0 Å². The second kappa shape index (κ2) is 6.86. The van der Waals surface area contributed by atoms with Gasteiger partial charge in [-0.3, -0.25) is 9.59 Å². The van der Waals surface area contributed by atoms with Gasteiger partial charge in [-0.1, -0.05) is 18.2 Å². The number of nitrogens with two attached hydrogens (primary N) is 1. The van der Waals surface area contributed by atoms with Crippen LogP contribution in [-0.2, 0) is 11.3 Å². The summed E-state index contributed by atoms with van der Waals surface area (Å²) in [6.45, 7) is 1.29. The van der Waals surface area contributed by atoms with Gasteiger partial charge in [0.25, 0.3) is 5.56 Å². The summed E-state index contributed by atoms with van der Waals surface area (Å²) >= 11 is 0. The van der Waals surface area contributed by atoms with Crippen LogP contribution < -0.4 is 16.6 Å². The number of hydrogen-bond acceptors (Lipinski definition) is 3. The van der Waals surface area contributed by atoms with Gasteiger partial charge in [0.1, 0.15) is 0 Å². The standard InChI is InChI=1S/C15H19N3O2/c16-14(19)7-3-4-8-17-10-12-9-11-5-1-2-6-13(11)18-15(12)20/h1-2,5-6,9,17H,3-4,7-8,10H2,(H2,16,19)(H,18,20). The summed E-state index contributed by atoms with van der Waals surface area (Å²) in [5.74, 6) is -0.268. The molecule has 0 radical (unpaired) electrons. The summed E-state index contributed by atoms with van der Waals surface area (Å²) in [4.78, 5) is 25.3. The molecule has 4 N–H and O–H groups in total. The second-order valence-electron chi connectivity index (χ2n) is 4.81. The monoisotopic (exact) mass is 273 g/mol. The molecule has 1 amide bonds. The van der Waals surface area contributed by atoms with Gasteiger partial charge in [-0.15, -0.1) is 0 Å². The number of carbonyl (C=O) groups is 1. The number of rotatable bonds is 7. The van der Waals surface area contributed by atoms with Crippen molar-refractivity contribution in [1.29, 1.82) is 0 Å². The van der Waals surface area contributed by atoms with Crippen molar-refractivity contribution in [3.05, 3.63) is 46.2 Å². The highest BCUT2D eigenvalue weighted by Gasteiger charge is 2.02. The first-order valence-corrected chi connectivity index (χ1v) is 6.77. The van der Waals surface area contributed by atoms with E-state index in [9.17, 15) is 9.59 Å². The number of H-pyrrole nitrogens is 1. The molecule has 0 fully saturated rings. The van der Waals surface area contributed by atoms with Crippen molar-refractivity contribution in [1.82, 2.24) is 10.3 Å². The lowest BCUT2D eigenvalue weighted by Crippen LogP contribution is -2.22. The van der Waals surface area contributed by atoms with Gasteiger partial charge < -0.3 is 16.0 Å².